The third-order valence-electron chi connectivity index (χ3n) is 9.49. The fraction of sp³-hybridized carbons (Fsp3) is 0.472. The summed E-state index contributed by atoms with van der Waals surface area (Å²) in [5.41, 5.74) is 1.72. The number of rotatable bonds is 15. The predicted octanol–water partition coefficient (Wildman–Crippen LogP) is 4.93. The zero-order valence-electron chi connectivity index (χ0n) is 26.3. The molecule has 0 aromatic heterocycles. The van der Waals surface area contributed by atoms with Gasteiger partial charge in [0.2, 0.25) is 17.7 Å². The Bertz CT molecular complexity index is 1380. The van der Waals surface area contributed by atoms with Crippen LogP contribution in [0, 0.1) is 17.8 Å². The summed E-state index contributed by atoms with van der Waals surface area (Å²) >= 11 is 1.68. The quantitative estimate of drug-likeness (QED) is 0.222. The molecule has 3 heterocycles. The molecular weight excluding hydrogens is 586 g/mol. The van der Waals surface area contributed by atoms with Crippen LogP contribution in [0.15, 0.2) is 79.9 Å². The molecule has 8 nitrogen and oxygen atoms in total. The highest BCUT2D eigenvalue weighted by molar-refractivity contribution is 8.02. The molecule has 0 saturated carbocycles. The smallest absolute Gasteiger partial charge is 0.247 e. The van der Waals surface area contributed by atoms with E-state index in [1.807, 2.05) is 61.5 Å². The first-order chi connectivity index (χ1) is 21.8. The summed E-state index contributed by atoms with van der Waals surface area (Å²) < 4.78 is 4.88. The van der Waals surface area contributed by atoms with E-state index in [4.69, 9.17) is 4.74 Å². The van der Waals surface area contributed by atoms with E-state index in [-0.39, 0.29) is 35.5 Å². The minimum Gasteiger partial charge on any atom is -0.494 e. The van der Waals surface area contributed by atoms with Gasteiger partial charge in [-0.15, -0.1) is 24.9 Å². The highest BCUT2D eigenvalue weighted by Crippen LogP contribution is 2.69. The number of carbonyl (C=O) groups is 3. The van der Waals surface area contributed by atoms with Crippen LogP contribution < -0.4 is 9.64 Å². The molecule has 6 atom stereocenters. The van der Waals surface area contributed by atoms with Crippen molar-refractivity contribution < 1.29 is 24.2 Å². The summed E-state index contributed by atoms with van der Waals surface area (Å²) in [6.45, 7) is 13.8. The van der Waals surface area contributed by atoms with Crippen molar-refractivity contribution in [3.8, 4) is 5.75 Å². The van der Waals surface area contributed by atoms with Gasteiger partial charge in [0.05, 0.1) is 23.2 Å². The molecule has 3 unspecified atom stereocenters. The van der Waals surface area contributed by atoms with Gasteiger partial charge in [-0.05, 0) is 61.9 Å². The third kappa shape index (κ3) is 6.04. The van der Waals surface area contributed by atoms with Crippen LogP contribution in [-0.4, -0.2) is 81.5 Å². The van der Waals surface area contributed by atoms with Gasteiger partial charge in [-0.25, -0.2) is 0 Å². The average Bonchev–Trinajstić information content (AvgIpc) is 3.64. The number of aliphatic hydroxyl groups is 1. The molecule has 3 aliphatic heterocycles. The Morgan fingerprint density at radius 2 is 1.78 bits per heavy atom. The summed E-state index contributed by atoms with van der Waals surface area (Å²) in [7, 11) is 0. The van der Waals surface area contributed by atoms with Gasteiger partial charge in [-0.3, -0.25) is 14.4 Å². The Hall–Kier alpha value is -3.56. The molecule has 9 heteroatoms. The molecule has 3 fully saturated rings. The molecule has 2 aromatic carbocycles. The van der Waals surface area contributed by atoms with E-state index in [0.29, 0.717) is 45.6 Å². The van der Waals surface area contributed by atoms with Gasteiger partial charge in [0.15, 0.2) is 0 Å². The molecule has 5 rings (SSSR count). The maximum absolute atomic E-state index is 14.7. The van der Waals surface area contributed by atoms with E-state index in [1.54, 1.807) is 38.6 Å². The Kier molecular flexibility index (Phi) is 10.4. The maximum Gasteiger partial charge on any atom is 0.247 e. The lowest BCUT2D eigenvalue weighted by atomic mass is 9.65. The van der Waals surface area contributed by atoms with Crippen molar-refractivity contribution in [1.29, 1.82) is 0 Å². The Morgan fingerprint density at radius 3 is 2.42 bits per heavy atom. The first kappa shape index (κ1) is 32.8. The molecule has 2 aromatic rings. The Labute approximate surface area is 271 Å². The molecule has 3 saturated heterocycles. The van der Waals surface area contributed by atoms with Gasteiger partial charge in [-0.1, -0.05) is 49.4 Å². The number of anilines is 1. The van der Waals surface area contributed by atoms with Crippen LogP contribution in [0.25, 0.3) is 0 Å². The van der Waals surface area contributed by atoms with Crippen LogP contribution in [-0.2, 0) is 20.9 Å². The van der Waals surface area contributed by atoms with Crippen molar-refractivity contribution in [1.82, 2.24) is 9.80 Å². The summed E-state index contributed by atoms with van der Waals surface area (Å²) in [6.07, 6.45) is 5.28. The molecule has 45 heavy (non-hydrogen) atoms. The number of ether oxygens (including phenoxy) is 1. The minimum absolute atomic E-state index is 0.0126. The van der Waals surface area contributed by atoms with E-state index in [1.165, 1.54) is 0 Å². The number of unbranched alkanes of at least 4 members (excludes halogenated alkanes) is 1. The van der Waals surface area contributed by atoms with Crippen LogP contribution in [0.1, 0.15) is 38.7 Å². The summed E-state index contributed by atoms with van der Waals surface area (Å²) in [5, 5.41) is 9.46. The number of hydrogen-bond acceptors (Lipinski definition) is 6. The molecule has 3 amide bonds. The van der Waals surface area contributed by atoms with Crippen molar-refractivity contribution in [3.05, 3.63) is 85.5 Å². The second-order valence-corrected chi connectivity index (χ2v) is 13.7. The zero-order chi connectivity index (χ0) is 32.1. The van der Waals surface area contributed by atoms with E-state index in [9.17, 15) is 19.5 Å². The molecule has 0 aliphatic carbocycles. The molecular formula is C36H45N3O5S. The topological polar surface area (TPSA) is 90.4 Å². The number of thioether (sulfide) groups is 1. The molecule has 0 radical (unpaired) electrons. The van der Waals surface area contributed by atoms with E-state index in [0.717, 1.165) is 23.4 Å². The number of nitrogens with zero attached hydrogens (tertiary/aromatic N) is 3. The lowest BCUT2D eigenvalue weighted by molar-refractivity contribution is -0.143. The van der Waals surface area contributed by atoms with Crippen LogP contribution >= 0.6 is 11.8 Å². The second kappa shape index (κ2) is 14.3. The molecule has 3 aliphatic rings. The monoisotopic (exact) mass is 631 g/mol. The van der Waals surface area contributed by atoms with E-state index in [2.05, 4.69) is 20.1 Å². The van der Waals surface area contributed by atoms with Crippen molar-refractivity contribution >= 4 is 35.2 Å². The SMILES string of the molecule is C=CCN(Cc1ccccc1)C(=O)C1N(CCCCO)C(=O)[C@@H]2[C@H](C(=O)N(CC=C)c3ccc(OCC)cc3)[C@@H]3CC(C)C12S3. The molecule has 1 spiro atoms. The first-order valence-electron chi connectivity index (χ1n) is 16.0. The number of hydrogen-bond donors (Lipinski definition) is 1. The van der Waals surface area contributed by atoms with Gasteiger partial charge in [0.25, 0.3) is 0 Å². The van der Waals surface area contributed by atoms with E-state index < -0.39 is 22.6 Å². The summed E-state index contributed by atoms with van der Waals surface area (Å²) in [6, 6.07) is 16.6. The number of aliphatic hydroxyl groups excluding tert-OH is 1. The number of benzene rings is 2. The Morgan fingerprint density at radius 1 is 1.07 bits per heavy atom. The molecule has 1 N–H and O–H groups in total. The van der Waals surface area contributed by atoms with Crippen LogP contribution in [0.3, 0.4) is 0 Å². The number of carbonyl (C=O) groups excluding carboxylic acids is 3. The van der Waals surface area contributed by atoms with E-state index >= 15 is 0 Å². The number of fused-ring (bicyclic) bond motifs is 1. The van der Waals surface area contributed by atoms with Gasteiger partial charge < -0.3 is 24.5 Å². The molecule has 240 valence electrons. The zero-order valence-corrected chi connectivity index (χ0v) is 27.2. The predicted molar refractivity (Wildman–Crippen MR) is 179 cm³/mol. The average molecular weight is 632 g/mol. The van der Waals surface area contributed by atoms with Gasteiger partial charge in [0, 0.05) is 43.7 Å². The number of likely N-dealkylation sites (tertiary alicyclic amines) is 1. The maximum atomic E-state index is 14.7. The van der Waals surface area contributed by atoms with Crippen LogP contribution in [0.5, 0.6) is 5.75 Å². The highest BCUT2D eigenvalue weighted by atomic mass is 32.2. The van der Waals surface area contributed by atoms with Gasteiger partial charge >= 0.3 is 0 Å². The second-order valence-electron chi connectivity index (χ2n) is 12.2. The largest absolute Gasteiger partial charge is 0.494 e. The number of amides is 3. The van der Waals surface area contributed by atoms with Crippen molar-refractivity contribution in [2.24, 2.45) is 17.8 Å². The van der Waals surface area contributed by atoms with Crippen molar-refractivity contribution in [2.75, 3.05) is 37.7 Å². The summed E-state index contributed by atoms with van der Waals surface area (Å²) in [4.78, 5) is 49.1. The first-order valence-corrected chi connectivity index (χ1v) is 16.9. The Balaban J connectivity index is 1.52. The standard InChI is InChI=1S/C36H45N3O5S/c1-5-19-37(24-26-13-9-8-10-14-26)35(43)32-36-25(4)23-29(45-36)30(31(36)34(42)39(32)21-11-12-22-40)33(41)38(20-6-2)27-15-17-28(18-16-27)44-7-3/h5-6,8-10,13-18,25,29-32,40H,1-2,7,11-12,19-24H2,3-4H3/t25?,29-,30+,31-,32?,36?/m0/s1. The fourth-order valence-electron chi connectivity index (χ4n) is 7.60. The van der Waals surface area contributed by atoms with Gasteiger partial charge in [0.1, 0.15) is 11.8 Å². The highest BCUT2D eigenvalue weighted by Gasteiger charge is 2.76. The lowest BCUT2D eigenvalue weighted by Gasteiger charge is -2.41. The normalized spacial score (nSPS) is 26.4. The summed E-state index contributed by atoms with van der Waals surface area (Å²) in [5.74, 6) is -0.756. The van der Waals surface area contributed by atoms with Crippen molar-refractivity contribution in [3.63, 3.8) is 0 Å². The van der Waals surface area contributed by atoms with Crippen molar-refractivity contribution in [2.45, 2.75) is 55.7 Å². The van der Waals surface area contributed by atoms with Crippen LogP contribution in [0.4, 0.5) is 5.69 Å². The minimum atomic E-state index is -0.729. The third-order valence-corrected chi connectivity index (χ3v) is 11.6. The van der Waals surface area contributed by atoms with Gasteiger partial charge in [-0.2, -0.15) is 0 Å². The molecule has 2 bridgehead atoms. The van der Waals surface area contributed by atoms with Crippen LogP contribution in [0.2, 0.25) is 0 Å². The fourth-order valence-corrected chi connectivity index (χ4v) is 10.0. The lowest BCUT2D eigenvalue weighted by Crippen LogP contribution is -2.57.